The third-order valence-electron chi connectivity index (χ3n) is 30.8. The van der Waals surface area contributed by atoms with Crippen LogP contribution < -0.4 is 0 Å². The summed E-state index contributed by atoms with van der Waals surface area (Å²) in [6.45, 7) is 33.5. The molecule has 125 heavy (non-hydrogen) atoms. The number of hydrogen-bond donors (Lipinski definition) is 0. The normalized spacial score (nSPS) is 25.9. The van der Waals surface area contributed by atoms with Crippen LogP contribution in [-0.4, -0.2) is 53.8 Å². The average molecular weight is 1760 g/mol. The summed E-state index contributed by atoms with van der Waals surface area (Å²) in [4.78, 5) is 96.6. The van der Waals surface area contributed by atoms with Gasteiger partial charge in [-0.3, -0.25) is 24.0 Å². The maximum atomic E-state index is 13.3. The molecule has 0 saturated carbocycles. The van der Waals surface area contributed by atoms with Crippen LogP contribution in [0.1, 0.15) is 281 Å². The highest BCUT2D eigenvalue weighted by molar-refractivity contribution is 7.11. The lowest BCUT2D eigenvalue weighted by Crippen LogP contribution is -2.41. The highest BCUT2D eigenvalue weighted by Crippen LogP contribution is 2.60. The third kappa shape index (κ3) is 15.8. The van der Waals surface area contributed by atoms with E-state index in [-0.39, 0.29) is 27.1 Å². The van der Waals surface area contributed by atoms with E-state index < -0.39 is 0 Å². The van der Waals surface area contributed by atoms with Crippen molar-refractivity contribution in [2.75, 3.05) is 0 Å². The zero-order valence-electron chi connectivity index (χ0n) is 76.1. The molecule has 0 amide bonds. The number of benzene rings is 5. The summed E-state index contributed by atoms with van der Waals surface area (Å²) in [5, 5.41) is 0. The average Bonchev–Trinajstić information content (AvgIpc) is 1.73. The first-order valence-electron chi connectivity index (χ1n) is 46.6. The fourth-order valence-electron chi connectivity index (χ4n) is 24.0. The SMILES string of the molecule is CCC1(c2ccccc2)C2=C(Cc3ncsc31)CC(C(C)C)CC2=O.CC[C@@]1(c2ccccc2)C2=C(Cc3ncsc31)C[C@@H](C(C)C)CC2=O.CC[C@@]1(c2ccccc2)C2=C(Cc3ncsc31)C[C@H](C(C)C)CC2=O.CC[C@]1(c2ccccc2)C2=C(Cc3ncsc31)C[C@@H](C(C)C)CC2=O.CC[C@]1(c2ccccc2)C2=C(Cc3ncsc31)C[C@H](C(C)C)CC2=O. The molecule has 0 N–H and O–H groups in total. The van der Waals surface area contributed by atoms with Crippen LogP contribution in [0.3, 0.4) is 0 Å². The summed E-state index contributed by atoms with van der Waals surface area (Å²) in [5.74, 6) is 6.89. The number of carbonyl (C=O) groups is 5. The number of rotatable bonds is 15. The molecule has 20 rings (SSSR count). The fraction of sp³-hybridized carbons (Fsp3) is 0.455. The number of allylic oxidation sites excluding steroid dienone is 10. The molecule has 0 fully saturated rings. The first-order valence-corrected chi connectivity index (χ1v) is 51.0. The number of hydrogen-bond acceptors (Lipinski definition) is 15. The van der Waals surface area contributed by atoms with E-state index in [2.05, 4.69) is 280 Å². The Balaban J connectivity index is 0.000000115. The summed E-state index contributed by atoms with van der Waals surface area (Å²) in [6.07, 6.45) is 17.5. The molecular formula is C110H125N5O5S5. The molecule has 10 aliphatic carbocycles. The molecule has 0 aliphatic heterocycles. The van der Waals surface area contributed by atoms with Crippen molar-refractivity contribution in [3.8, 4) is 0 Å². The molecular weight excluding hydrogens is 1630 g/mol. The molecule has 10 aromatic rings. The Labute approximate surface area is 762 Å². The minimum absolute atomic E-state index is 0.301. The van der Waals surface area contributed by atoms with Crippen molar-refractivity contribution in [1.82, 2.24) is 24.9 Å². The Hall–Kier alpha value is -8.70. The first kappa shape index (κ1) is 89.7. The number of carbonyl (C=O) groups excluding carboxylic acids is 5. The lowest BCUT2D eigenvalue weighted by molar-refractivity contribution is -0.118. The molecule has 0 radical (unpaired) electrons. The van der Waals surface area contributed by atoms with Gasteiger partial charge in [-0.2, -0.15) is 0 Å². The van der Waals surface area contributed by atoms with Crippen molar-refractivity contribution in [3.63, 3.8) is 0 Å². The van der Waals surface area contributed by atoms with Crippen LogP contribution in [0.2, 0.25) is 0 Å². The van der Waals surface area contributed by atoms with Crippen LogP contribution in [0.5, 0.6) is 0 Å². The van der Waals surface area contributed by atoms with Gasteiger partial charge in [0.2, 0.25) is 0 Å². The van der Waals surface area contributed by atoms with Crippen LogP contribution >= 0.6 is 56.7 Å². The molecule has 2 unspecified atom stereocenters. The Kier molecular flexibility index (Phi) is 26.7. The zero-order chi connectivity index (χ0) is 88.0. The van der Waals surface area contributed by atoms with Crippen LogP contribution in [0.4, 0.5) is 0 Å². The van der Waals surface area contributed by atoms with E-state index >= 15 is 0 Å². The summed E-state index contributed by atoms with van der Waals surface area (Å²) in [6, 6.07) is 53.0. The Morgan fingerprint density at radius 3 is 0.536 bits per heavy atom. The molecule has 5 aromatic carbocycles. The largest absolute Gasteiger partial charge is 0.294 e. The Bertz CT molecular complexity index is 4990. The topological polar surface area (TPSA) is 150 Å². The molecule has 0 bridgehead atoms. The summed E-state index contributed by atoms with van der Waals surface area (Å²) in [5.41, 5.74) is 32.6. The second-order valence-electron chi connectivity index (χ2n) is 38.7. The van der Waals surface area contributed by atoms with E-state index in [1.165, 1.54) is 109 Å². The van der Waals surface area contributed by atoms with Gasteiger partial charge < -0.3 is 0 Å². The van der Waals surface area contributed by atoms with Crippen molar-refractivity contribution in [2.45, 2.75) is 259 Å². The standard InChI is InChI=1S/5C22H25NOS/c5*1-4-22(17-8-6-5-7-9-17)20-16(11-18-21(22)25-13-23-18)10-15(14(2)3)12-19(20)24/h5*5-9,13-15H,4,10-12H2,1-3H3/t2*15-,22+;2*15-,22-;/m1010./s1. The lowest BCUT2D eigenvalue weighted by Gasteiger charge is -2.43. The van der Waals surface area contributed by atoms with Crippen LogP contribution in [-0.2, 0) is 83.2 Å². The van der Waals surface area contributed by atoms with Gasteiger partial charge in [-0.25, -0.2) is 24.9 Å². The van der Waals surface area contributed by atoms with Gasteiger partial charge in [-0.05, 0) is 151 Å². The highest BCUT2D eigenvalue weighted by atomic mass is 32.1. The number of aromatic nitrogens is 5. The molecule has 5 aromatic heterocycles. The second kappa shape index (κ2) is 37.2. The molecule has 650 valence electrons. The minimum atomic E-state index is -0.301. The molecule has 10 atom stereocenters. The monoisotopic (exact) mass is 1760 g/mol. The summed E-state index contributed by atoms with van der Waals surface area (Å²) >= 11 is 8.60. The predicted octanol–water partition coefficient (Wildman–Crippen LogP) is 26.6. The number of fused-ring (bicyclic) bond motifs is 5. The molecule has 0 spiro atoms. The van der Waals surface area contributed by atoms with Crippen LogP contribution in [0, 0.1) is 59.2 Å². The van der Waals surface area contributed by atoms with Crippen molar-refractivity contribution >= 4 is 85.6 Å². The smallest absolute Gasteiger partial charge is 0.160 e. The van der Waals surface area contributed by atoms with Crippen molar-refractivity contribution in [2.24, 2.45) is 59.2 Å². The van der Waals surface area contributed by atoms with Gasteiger partial charge >= 0.3 is 0 Å². The molecule has 15 heteroatoms. The van der Waals surface area contributed by atoms with E-state index in [9.17, 15) is 24.0 Å². The van der Waals surface area contributed by atoms with E-state index in [1.54, 1.807) is 56.7 Å². The third-order valence-corrected chi connectivity index (χ3v) is 36.0. The van der Waals surface area contributed by atoms with Gasteiger partial charge in [0.05, 0.1) is 83.1 Å². The summed E-state index contributed by atoms with van der Waals surface area (Å²) < 4.78 is 0. The Morgan fingerprint density at radius 1 is 0.248 bits per heavy atom. The van der Waals surface area contributed by atoms with Gasteiger partial charge in [0.1, 0.15) is 0 Å². The van der Waals surface area contributed by atoms with Gasteiger partial charge in [-0.15, -0.1) is 56.7 Å². The summed E-state index contributed by atoms with van der Waals surface area (Å²) in [7, 11) is 0. The Morgan fingerprint density at radius 2 is 0.400 bits per heavy atom. The number of thiazole rings is 5. The molecule has 10 nitrogen and oxygen atoms in total. The van der Waals surface area contributed by atoms with Gasteiger partial charge in [0.25, 0.3) is 0 Å². The minimum Gasteiger partial charge on any atom is -0.294 e. The number of ketones is 5. The van der Waals surface area contributed by atoms with Crippen LogP contribution in [0.25, 0.3) is 0 Å². The van der Waals surface area contributed by atoms with Gasteiger partial charge in [-0.1, -0.05) is 283 Å². The van der Waals surface area contributed by atoms with Crippen molar-refractivity contribution < 1.29 is 24.0 Å². The molecule has 0 saturated heterocycles. The van der Waals surface area contributed by atoms with Gasteiger partial charge in [0, 0.05) is 116 Å². The van der Waals surface area contributed by atoms with Crippen molar-refractivity contribution in [1.29, 1.82) is 0 Å². The second-order valence-corrected chi connectivity index (χ2v) is 43.0. The lowest BCUT2D eigenvalue weighted by atomic mass is 9.60. The van der Waals surface area contributed by atoms with E-state index in [4.69, 9.17) is 0 Å². The van der Waals surface area contributed by atoms with Gasteiger partial charge in [0.15, 0.2) is 28.9 Å². The number of nitrogens with zero attached hydrogens (tertiary/aromatic N) is 5. The maximum Gasteiger partial charge on any atom is 0.160 e. The van der Waals surface area contributed by atoms with Crippen LogP contribution in [0.15, 0.2) is 235 Å². The maximum absolute atomic E-state index is 13.3. The number of Topliss-reactive ketones (excluding diaryl/α,β-unsaturated/α-hetero) is 5. The fourth-order valence-corrected chi connectivity index (χ4v) is 29.5. The van der Waals surface area contributed by atoms with E-state index in [1.807, 2.05) is 27.6 Å². The highest BCUT2D eigenvalue weighted by Gasteiger charge is 2.55. The zero-order valence-corrected chi connectivity index (χ0v) is 80.1. The van der Waals surface area contributed by atoms with Crippen molar-refractivity contribution in [3.05, 3.63) is 316 Å². The molecule has 5 heterocycles. The quantitative estimate of drug-likeness (QED) is 0.0970. The van der Waals surface area contributed by atoms with E-state index in [0.717, 1.165) is 124 Å². The molecule has 10 aliphatic rings. The van der Waals surface area contributed by atoms with E-state index in [0.29, 0.717) is 120 Å². The first-order chi connectivity index (χ1) is 60.4. The predicted molar refractivity (Wildman–Crippen MR) is 515 cm³/mol.